The van der Waals surface area contributed by atoms with Crippen molar-refractivity contribution in [2.45, 2.75) is 58.0 Å². The van der Waals surface area contributed by atoms with Crippen molar-refractivity contribution < 1.29 is 14.3 Å². The third kappa shape index (κ3) is 2.66. The van der Waals surface area contributed by atoms with Crippen molar-refractivity contribution in [2.24, 2.45) is 0 Å². The molecule has 0 bridgehead atoms. The summed E-state index contributed by atoms with van der Waals surface area (Å²) < 4.78 is 5.74. The summed E-state index contributed by atoms with van der Waals surface area (Å²) in [5.74, 6) is 0.658. The van der Waals surface area contributed by atoms with Crippen LogP contribution in [0.3, 0.4) is 0 Å². The zero-order valence-electron chi connectivity index (χ0n) is 12.1. The lowest BCUT2D eigenvalue weighted by Crippen LogP contribution is -2.47. The molecule has 5 nitrogen and oxygen atoms in total. The minimum absolute atomic E-state index is 0.0770. The van der Waals surface area contributed by atoms with Gasteiger partial charge in [-0.25, -0.2) is 4.98 Å². The van der Waals surface area contributed by atoms with Crippen molar-refractivity contribution in [3.05, 3.63) is 17.8 Å². The molecular formula is C14H22N2O3. The number of aliphatic carboxylic acids is 1. The fraction of sp³-hybridized carbons (Fsp3) is 0.714. The zero-order chi connectivity index (χ0) is 14.3. The van der Waals surface area contributed by atoms with E-state index < -0.39 is 11.5 Å². The minimum atomic E-state index is -0.795. The zero-order valence-corrected chi connectivity index (χ0v) is 12.1. The van der Waals surface area contributed by atoms with Gasteiger partial charge in [0.1, 0.15) is 11.3 Å². The van der Waals surface area contributed by atoms with Gasteiger partial charge in [-0.1, -0.05) is 20.8 Å². The summed E-state index contributed by atoms with van der Waals surface area (Å²) in [6, 6.07) is 0. The lowest BCUT2D eigenvalue weighted by molar-refractivity contribution is -0.149. The molecule has 2 rings (SSSR count). The summed E-state index contributed by atoms with van der Waals surface area (Å²) in [6.07, 6.45) is 3.31. The van der Waals surface area contributed by atoms with Crippen molar-refractivity contribution >= 4 is 5.97 Å². The van der Waals surface area contributed by atoms with E-state index in [0.29, 0.717) is 18.9 Å². The fourth-order valence-electron chi connectivity index (χ4n) is 2.41. The van der Waals surface area contributed by atoms with Gasteiger partial charge in [0.2, 0.25) is 5.89 Å². The lowest BCUT2D eigenvalue weighted by Gasteiger charge is -2.29. The van der Waals surface area contributed by atoms with Crippen LogP contribution in [0, 0.1) is 0 Å². The number of nitrogens with zero attached hydrogens (tertiary/aromatic N) is 2. The molecule has 0 spiro atoms. The van der Waals surface area contributed by atoms with Gasteiger partial charge in [-0.2, -0.15) is 0 Å². The minimum Gasteiger partial charge on any atom is -0.480 e. The number of carbonyl (C=O) groups is 1. The first-order valence-corrected chi connectivity index (χ1v) is 6.67. The van der Waals surface area contributed by atoms with Crippen LogP contribution < -0.4 is 0 Å². The molecule has 1 unspecified atom stereocenters. The predicted molar refractivity (Wildman–Crippen MR) is 70.9 cm³/mol. The third-order valence-corrected chi connectivity index (χ3v) is 3.87. The van der Waals surface area contributed by atoms with Gasteiger partial charge in [0.15, 0.2) is 0 Å². The second-order valence-electron chi connectivity index (χ2n) is 6.47. The number of carboxylic acids is 1. The first-order valence-electron chi connectivity index (χ1n) is 6.67. The maximum atomic E-state index is 11.4. The highest BCUT2D eigenvalue weighted by Gasteiger charge is 2.43. The molecule has 1 aromatic heterocycles. The van der Waals surface area contributed by atoms with Gasteiger partial charge in [-0.15, -0.1) is 0 Å². The Morgan fingerprint density at radius 3 is 2.79 bits per heavy atom. The first-order chi connectivity index (χ1) is 8.73. The Labute approximate surface area is 113 Å². The van der Waals surface area contributed by atoms with Crippen LogP contribution in [0.25, 0.3) is 0 Å². The Morgan fingerprint density at radius 1 is 1.58 bits per heavy atom. The molecule has 2 heterocycles. The quantitative estimate of drug-likeness (QED) is 0.910. The Hall–Kier alpha value is -1.36. The van der Waals surface area contributed by atoms with Gasteiger partial charge >= 0.3 is 5.97 Å². The van der Waals surface area contributed by atoms with Crippen molar-refractivity contribution in [1.82, 2.24) is 9.88 Å². The average molecular weight is 266 g/mol. The summed E-state index contributed by atoms with van der Waals surface area (Å²) in [6.45, 7) is 9.20. The van der Waals surface area contributed by atoms with Crippen LogP contribution in [0.5, 0.6) is 0 Å². The third-order valence-electron chi connectivity index (χ3n) is 3.87. The molecule has 1 aliphatic heterocycles. The molecule has 106 valence electrons. The van der Waals surface area contributed by atoms with Gasteiger partial charge in [0.25, 0.3) is 0 Å². The van der Waals surface area contributed by atoms with E-state index in [2.05, 4.69) is 25.8 Å². The Bertz CT molecular complexity index is 475. The highest BCUT2D eigenvalue weighted by Crippen LogP contribution is 2.31. The van der Waals surface area contributed by atoms with E-state index >= 15 is 0 Å². The molecule has 0 aromatic carbocycles. The molecule has 0 amide bonds. The van der Waals surface area contributed by atoms with Gasteiger partial charge < -0.3 is 9.52 Å². The lowest BCUT2D eigenvalue weighted by atomic mass is 9.94. The number of hydrogen-bond donors (Lipinski definition) is 1. The number of aromatic nitrogens is 1. The van der Waals surface area contributed by atoms with Crippen molar-refractivity contribution in [2.75, 3.05) is 6.54 Å². The van der Waals surface area contributed by atoms with E-state index in [-0.39, 0.29) is 5.41 Å². The topological polar surface area (TPSA) is 66.6 Å². The first kappa shape index (κ1) is 14.1. The number of oxazole rings is 1. The fourth-order valence-corrected chi connectivity index (χ4v) is 2.41. The number of carboxylic acid groups (broad SMARTS) is 1. The number of rotatable bonds is 3. The van der Waals surface area contributed by atoms with Gasteiger partial charge in [0.05, 0.1) is 12.7 Å². The van der Waals surface area contributed by atoms with E-state index in [4.69, 9.17) is 4.42 Å². The molecule has 19 heavy (non-hydrogen) atoms. The van der Waals surface area contributed by atoms with E-state index in [0.717, 1.165) is 18.7 Å². The van der Waals surface area contributed by atoms with Gasteiger partial charge in [0, 0.05) is 5.41 Å². The number of likely N-dealkylation sites (tertiary alicyclic amines) is 1. The Balaban J connectivity index is 2.13. The second-order valence-corrected chi connectivity index (χ2v) is 6.47. The molecule has 1 aromatic rings. The van der Waals surface area contributed by atoms with Crippen LogP contribution in [0.4, 0.5) is 0 Å². The standard InChI is InChI=1S/C14H22N2O3/c1-13(2,3)10-8-15-11(19-10)9-16-7-5-6-14(16,4)12(17)18/h8H,5-7,9H2,1-4H3,(H,17,18). The molecule has 0 saturated carbocycles. The highest BCUT2D eigenvalue weighted by atomic mass is 16.4. The van der Waals surface area contributed by atoms with Gasteiger partial charge in [-0.3, -0.25) is 9.69 Å². The van der Waals surface area contributed by atoms with E-state index in [9.17, 15) is 9.90 Å². The smallest absolute Gasteiger partial charge is 0.323 e. The average Bonchev–Trinajstić information content (AvgIpc) is 2.87. The molecular weight excluding hydrogens is 244 g/mol. The maximum absolute atomic E-state index is 11.4. The van der Waals surface area contributed by atoms with E-state index in [1.165, 1.54) is 0 Å². The second kappa shape index (κ2) is 4.63. The summed E-state index contributed by atoms with van der Waals surface area (Å²) >= 11 is 0. The van der Waals surface area contributed by atoms with Crippen molar-refractivity contribution in [3.8, 4) is 0 Å². The molecule has 1 saturated heterocycles. The van der Waals surface area contributed by atoms with Crippen LogP contribution in [0.1, 0.15) is 52.2 Å². The van der Waals surface area contributed by atoms with Crippen molar-refractivity contribution in [1.29, 1.82) is 0 Å². The Kier molecular flexibility index (Phi) is 3.43. The van der Waals surface area contributed by atoms with Crippen LogP contribution in [-0.4, -0.2) is 33.0 Å². The van der Waals surface area contributed by atoms with Gasteiger partial charge in [-0.05, 0) is 26.3 Å². The van der Waals surface area contributed by atoms with E-state index in [1.54, 1.807) is 13.1 Å². The molecule has 0 aliphatic carbocycles. The van der Waals surface area contributed by atoms with Crippen LogP contribution >= 0.6 is 0 Å². The van der Waals surface area contributed by atoms with E-state index in [1.807, 2.05) is 4.90 Å². The normalized spacial score (nSPS) is 24.8. The summed E-state index contributed by atoms with van der Waals surface area (Å²) in [4.78, 5) is 17.6. The molecule has 1 fully saturated rings. The monoisotopic (exact) mass is 266 g/mol. The molecule has 1 aliphatic rings. The number of hydrogen-bond acceptors (Lipinski definition) is 4. The van der Waals surface area contributed by atoms with Crippen LogP contribution in [0.15, 0.2) is 10.6 Å². The molecule has 1 atom stereocenters. The maximum Gasteiger partial charge on any atom is 0.323 e. The SMILES string of the molecule is CC(C)(C)c1cnc(CN2CCCC2(C)C(=O)O)o1. The largest absolute Gasteiger partial charge is 0.480 e. The predicted octanol–water partition coefficient (Wildman–Crippen LogP) is 2.41. The molecule has 0 radical (unpaired) electrons. The van der Waals surface area contributed by atoms with Crippen LogP contribution in [-0.2, 0) is 16.8 Å². The Morgan fingerprint density at radius 2 is 2.26 bits per heavy atom. The van der Waals surface area contributed by atoms with Crippen LogP contribution in [0.2, 0.25) is 0 Å². The molecule has 5 heteroatoms. The van der Waals surface area contributed by atoms with Crippen molar-refractivity contribution in [3.63, 3.8) is 0 Å². The summed E-state index contributed by atoms with van der Waals surface area (Å²) in [7, 11) is 0. The highest BCUT2D eigenvalue weighted by molar-refractivity contribution is 5.78. The summed E-state index contributed by atoms with van der Waals surface area (Å²) in [5.41, 5.74) is -0.872. The molecule has 1 N–H and O–H groups in total. The summed E-state index contributed by atoms with van der Waals surface area (Å²) in [5, 5.41) is 9.36.